The molecular weight excluding hydrogens is 350 g/mol. The largest absolute Gasteiger partial charge is 0.367 e. The molecule has 6 nitrogen and oxygen atoms in total. The van der Waals surface area contributed by atoms with Crippen molar-refractivity contribution in [3.05, 3.63) is 59.9 Å². The van der Waals surface area contributed by atoms with Crippen molar-refractivity contribution in [2.75, 3.05) is 36.0 Å². The molecule has 4 rings (SSSR count). The lowest BCUT2D eigenvalue weighted by Crippen LogP contribution is -2.47. The molecular formula is C22H25N5O. The van der Waals surface area contributed by atoms with Gasteiger partial charge >= 0.3 is 0 Å². The molecule has 0 unspecified atom stereocenters. The van der Waals surface area contributed by atoms with E-state index in [-0.39, 0.29) is 0 Å². The Kier molecular flexibility index (Phi) is 5.10. The maximum absolute atomic E-state index is 11.7. The summed E-state index contributed by atoms with van der Waals surface area (Å²) >= 11 is 0. The number of nitrogens with two attached hydrogens (primary N) is 1. The first kappa shape index (κ1) is 18.2. The average molecular weight is 375 g/mol. The maximum Gasteiger partial charge on any atom is 0.252 e. The van der Waals surface area contributed by atoms with Crippen LogP contribution < -0.4 is 15.5 Å². The van der Waals surface area contributed by atoms with Crippen LogP contribution in [0.15, 0.2) is 48.7 Å². The van der Waals surface area contributed by atoms with E-state index in [0.717, 1.165) is 50.2 Å². The molecule has 1 aliphatic heterocycles. The molecule has 1 saturated heterocycles. The number of aryl methyl sites for hydroxylation is 1. The van der Waals surface area contributed by atoms with Gasteiger partial charge in [0.25, 0.3) is 5.91 Å². The third-order valence-electron chi connectivity index (χ3n) is 5.23. The number of anilines is 2. The van der Waals surface area contributed by atoms with E-state index in [4.69, 9.17) is 10.7 Å². The molecule has 3 heterocycles. The molecule has 0 aliphatic carbocycles. The summed E-state index contributed by atoms with van der Waals surface area (Å²) in [6.07, 6.45) is 3.77. The van der Waals surface area contributed by atoms with Crippen LogP contribution in [0.3, 0.4) is 0 Å². The molecule has 1 amide bonds. The molecule has 1 aromatic carbocycles. The molecule has 6 heteroatoms. The minimum atomic E-state index is -0.435. The molecule has 0 saturated carbocycles. The first-order chi connectivity index (χ1) is 13.7. The molecule has 144 valence electrons. The van der Waals surface area contributed by atoms with Crippen LogP contribution in [-0.2, 0) is 6.42 Å². The first-order valence-corrected chi connectivity index (χ1v) is 9.80. The third-order valence-corrected chi connectivity index (χ3v) is 5.23. The van der Waals surface area contributed by atoms with Crippen LogP contribution >= 0.6 is 0 Å². The van der Waals surface area contributed by atoms with E-state index >= 15 is 0 Å². The van der Waals surface area contributed by atoms with Crippen molar-refractivity contribution in [2.45, 2.75) is 19.8 Å². The number of rotatable bonds is 5. The Morgan fingerprint density at radius 3 is 2.57 bits per heavy atom. The summed E-state index contributed by atoms with van der Waals surface area (Å²) in [4.78, 5) is 25.5. The smallest absolute Gasteiger partial charge is 0.252 e. The highest BCUT2D eigenvalue weighted by Gasteiger charge is 2.23. The number of primary amides is 1. The second-order valence-corrected chi connectivity index (χ2v) is 7.11. The van der Waals surface area contributed by atoms with Gasteiger partial charge in [-0.2, -0.15) is 0 Å². The standard InChI is InChI=1S/C22H25N5O/c1-2-6-16-15-20(17-7-3-4-9-19(17)25-16)26-11-13-27(14-12-26)22-18(21(23)28)8-5-10-24-22/h3-5,7-10,15H,2,6,11-14H2,1H3,(H2,23,28). The number of fused-ring (bicyclic) bond motifs is 1. The van der Waals surface area contributed by atoms with Crippen LogP contribution in [0.2, 0.25) is 0 Å². The highest BCUT2D eigenvalue weighted by Crippen LogP contribution is 2.29. The number of aromatic nitrogens is 2. The highest BCUT2D eigenvalue weighted by atomic mass is 16.1. The average Bonchev–Trinajstić information content (AvgIpc) is 2.73. The molecule has 3 aromatic rings. The minimum Gasteiger partial charge on any atom is -0.367 e. The lowest BCUT2D eigenvalue weighted by Gasteiger charge is -2.37. The zero-order valence-corrected chi connectivity index (χ0v) is 16.1. The Morgan fingerprint density at radius 2 is 1.82 bits per heavy atom. The molecule has 2 aromatic heterocycles. The van der Waals surface area contributed by atoms with E-state index < -0.39 is 5.91 Å². The first-order valence-electron chi connectivity index (χ1n) is 9.80. The Balaban J connectivity index is 1.60. The molecule has 1 aliphatic rings. The molecule has 0 radical (unpaired) electrons. The highest BCUT2D eigenvalue weighted by molar-refractivity contribution is 5.97. The van der Waals surface area contributed by atoms with Gasteiger partial charge in [0.2, 0.25) is 0 Å². The summed E-state index contributed by atoms with van der Waals surface area (Å²) in [5, 5.41) is 1.19. The van der Waals surface area contributed by atoms with Crippen molar-refractivity contribution in [1.82, 2.24) is 9.97 Å². The number of hydrogen-bond acceptors (Lipinski definition) is 5. The number of carbonyl (C=O) groups excluding carboxylic acids is 1. The van der Waals surface area contributed by atoms with E-state index in [0.29, 0.717) is 11.4 Å². The van der Waals surface area contributed by atoms with Gasteiger partial charge in [-0.1, -0.05) is 31.5 Å². The van der Waals surface area contributed by atoms with Crippen molar-refractivity contribution in [3.8, 4) is 0 Å². The SMILES string of the molecule is CCCc1cc(N2CCN(c3ncccc3C(N)=O)CC2)c2ccccc2n1. The molecule has 0 bridgehead atoms. The van der Waals surface area contributed by atoms with Crippen molar-refractivity contribution < 1.29 is 4.79 Å². The van der Waals surface area contributed by atoms with Crippen LogP contribution in [0.5, 0.6) is 0 Å². The molecule has 1 fully saturated rings. The monoisotopic (exact) mass is 375 g/mol. The topological polar surface area (TPSA) is 75.3 Å². The number of carbonyl (C=O) groups is 1. The van der Waals surface area contributed by atoms with Gasteiger partial charge in [0.15, 0.2) is 0 Å². The summed E-state index contributed by atoms with van der Waals surface area (Å²) in [5.74, 6) is 0.246. The van der Waals surface area contributed by atoms with Crippen LogP contribution in [0, 0.1) is 0 Å². The second kappa shape index (κ2) is 7.84. The summed E-state index contributed by atoms with van der Waals surface area (Å²) < 4.78 is 0. The van der Waals surface area contributed by atoms with Gasteiger partial charge in [0.05, 0.1) is 11.1 Å². The van der Waals surface area contributed by atoms with Crippen LogP contribution in [0.25, 0.3) is 10.9 Å². The van der Waals surface area contributed by atoms with Gasteiger partial charge in [-0.15, -0.1) is 0 Å². The molecule has 28 heavy (non-hydrogen) atoms. The zero-order chi connectivity index (χ0) is 19.5. The van der Waals surface area contributed by atoms with Gasteiger partial charge in [-0.05, 0) is 30.7 Å². The van der Waals surface area contributed by atoms with Crippen molar-refractivity contribution in [2.24, 2.45) is 5.73 Å². The van der Waals surface area contributed by atoms with Gasteiger partial charge in [-0.25, -0.2) is 4.98 Å². The lowest BCUT2D eigenvalue weighted by molar-refractivity contribution is 0.100. The van der Waals surface area contributed by atoms with Gasteiger partial charge in [0, 0.05) is 49.1 Å². The van der Waals surface area contributed by atoms with Crippen molar-refractivity contribution in [1.29, 1.82) is 0 Å². The number of nitrogens with zero attached hydrogens (tertiary/aromatic N) is 4. The fourth-order valence-electron chi connectivity index (χ4n) is 3.86. The number of benzene rings is 1. The lowest BCUT2D eigenvalue weighted by atomic mass is 10.1. The Bertz CT molecular complexity index is 995. The molecule has 0 atom stereocenters. The number of piperazine rings is 1. The van der Waals surface area contributed by atoms with E-state index in [1.54, 1.807) is 18.3 Å². The van der Waals surface area contributed by atoms with Crippen molar-refractivity contribution >= 4 is 28.3 Å². The Morgan fingerprint density at radius 1 is 1.07 bits per heavy atom. The van der Waals surface area contributed by atoms with Gasteiger partial charge in [0.1, 0.15) is 5.82 Å². The summed E-state index contributed by atoms with van der Waals surface area (Å²) in [6, 6.07) is 14.1. The van der Waals surface area contributed by atoms with E-state index in [9.17, 15) is 4.79 Å². The van der Waals surface area contributed by atoms with E-state index in [2.05, 4.69) is 46.0 Å². The summed E-state index contributed by atoms with van der Waals surface area (Å²) in [7, 11) is 0. The van der Waals surface area contributed by atoms with E-state index in [1.807, 2.05) is 6.07 Å². The van der Waals surface area contributed by atoms with Crippen LogP contribution in [0.1, 0.15) is 29.4 Å². The predicted octanol–water partition coefficient (Wildman–Crippen LogP) is 3.01. The van der Waals surface area contributed by atoms with Gasteiger partial charge in [-0.3, -0.25) is 9.78 Å². The third kappa shape index (κ3) is 3.50. The molecule has 2 N–H and O–H groups in total. The fourth-order valence-corrected chi connectivity index (χ4v) is 3.86. The number of amides is 1. The molecule has 0 spiro atoms. The quantitative estimate of drug-likeness (QED) is 0.742. The summed E-state index contributed by atoms with van der Waals surface area (Å²) in [5.41, 5.74) is 9.43. The van der Waals surface area contributed by atoms with Gasteiger partial charge < -0.3 is 15.5 Å². The maximum atomic E-state index is 11.7. The van der Waals surface area contributed by atoms with Crippen LogP contribution in [-0.4, -0.2) is 42.1 Å². The Hall–Kier alpha value is -3.15. The zero-order valence-electron chi connectivity index (χ0n) is 16.1. The second-order valence-electron chi connectivity index (χ2n) is 7.11. The van der Waals surface area contributed by atoms with Crippen LogP contribution in [0.4, 0.5) is 11.5 Å². The normalized spacial score (nSPS) is 14.5. The fraction of sp³-hybridized carbons (Fsp3) is 0.318. The summed E-state index contributed by atoms with van der Waals surface area (Å²) in [6.45, 7) is 5.47. The number of pyridine rings is 2. The number of para-hydroxylation sites is 1. The van der Waals surface area contributed by atoms with E-state index in [1.165, 1.54) is 11.1 Å². The number of hydrogen-bond donors (Lipinski definition) is 1. The Labute approximate surface area is 165 Å². The van der Waals surface area contributed by atoms with Crippen molar-refractivity contribution in [3.63, 3.8) is 0 Å². The predicted molar refractivity (Wildman–Crippen MR) is 113 cm³/mol. The minimum absolute atomic E-state index is 0.435.